The highest BCUT2D eigenvalue weighted by molar-refractivity contribution is 6.76. The van der Waals surface area contributed by atoms with Gasteiger partial charge >= 0.3 is 0 Å². The summed E-state index contributed by atoms with van der Waals surface area (Å²) in [7, 11) is -1.34. The Hall–Kier alpha value is -1.28. The van der Waals surface area contributed by atoms with Crippen molar-refractivity contribution in [1.82, 2.24) is 10.2 Å². The molecule has 0 aliphatic rings. The molecule has 1 unspecified atom stereocenters. The predicted octanol–water partition coefficient (Wildman–Crippen LogP) is 2.17. The summed E-state index contributed by atoms with van der Waals surface area (Å²) in [5, 5.41) is 5.94. The molecule has 19 heavy (non-hydrogen) atoms. The number of hydrogen-bond acceptors (Lipinski definition) is 3. The van der Waals surface area contributed by atoms with Crippen LogP contribution in [0.1, 0.15) is 22.3 Å². The molecule has 0 fully saturated rings. The van der Waals surface area contributed by atoms with Gasteiger partial charge in [-0.2, -0.15) is 5.10 Å². The van der Waals surface area contributed by atoms with E-state index in [2.05, 4.69) is 29.8 Å². The number of H-pyrrole nitrogens is 1. The number of nitrogens with two attached hydrogens (primary N) is 1. The molecule has 0 aliphatic carbocycles. The van der Waals surface area contributed by atoms with E-state index in [9.17, 15) is 13.6 Å². The molecule has 0 bridgehead atoms. The molecule has 0 saturated heterocycles. The third-order valence-corrected chi connectivity index (χ3v) is 4.24. The Bertz CT molecular complexity index is 432. The Morgan fingerprint density at radius 2 is 2.16 bits per heavy atom. The van der Waals surface area contributed by atoms with E-state index in [1.165, 1.54) is 6.07 Å². The number of alkyl halides is 2. The normalized spacial score (nSPS) is 13.8. The van der Waals surface area contributed by atoms with Crippen molar-refractivity contribution in [3.63, 3.8) is 0 Å². The third kappa shape index (κ3) is 5.07. The topological polar surface area (TPSA) is 81.0 Å². The smallest absolute Gasteiger partial charge is 0.269 e. The van der Waals surface area contributed by atoms with Crippen molar-refractivity contribution in [3.05, 3.63) is 17.5 Å². The number of aromatic nitrogens is 2. The number of nitrogens with one attached hydrogen (secondary N) is 1. The largest absolute Gasteiger partial charge is 0.366 e. The van der Waals surface area contributed by atoms with E-state index in [1.807, 2.05) is 0 Å². The minimum Gasteiger partial charge on any atom is -0.366 e. The molecule has 0 saturated carbocycles. The Morgan fingerprint density at radius 1 is 1.53 bits per heavy atom. The third-order valence-electron chi connectivity index (χ3n) is 2.53. The number of ether oxygens (including phenoxy) is 1. The summed E-state index contributed by atoms with van der Waals surface area (Å²) in [5.74, 6) is -0.766. The monoisotopic (exact) mass is 291 g/mol. The van der Waals surface area contributed by atoms with Gasteiger partial charge in [0.05, 0.1) is 5.69 Å². The predicted molar refractivity (Wildman–Crippen MR) is 70.0 cm³/mol. The van der Waals surface area contributed by atoms with Gasteiger partial charge in [0.1, 0.15) is 5.69 Å². The van der Waals surface area contributed by atoms with Crippen LogP contribution in [0, 0.1) is 0 Å². The fourth-order valence-corrected chi connectivity index (χ4v) is 2.13. The van der Waals surface area contributed by atoms with E-state index in [1.54, 1.807) is 0 Å². The Morgan fingerprint density at radius 3 is 2.58 bits per heavy atom. The molecule has 8 heteroatoms. The number of rotatable bonds is 7. The number of nitrogens with zero attached hydrogens (tertiary/aromatic N) is 1. The number of hydrogen-bond donors (Lipinski definition) is 2. The average Bonchev–Trinajstić information content (AvgIpc) is 2.71. The lowest BCUT2D eigenvalue weighted by molar-refractivity contribution is -0.0558. The van der Waals surface area contributed by atoms with Gasteiger partial charge < -0.3 is 10.5 Å². The lowest BCUT2D eigenvalue weighted by Crippen LogP contribution is -2.24. The number of amides is 1. The first kappa shape index (κ1) is 15.8. The first-order valence-corrected chi connectivity index (χ1v) is 9.66. The summed E-state index contributed by atoms with van der Waals surface area (Å²) in [6.45, 7) is 6.66. The molecule has 0 spiro atoms. The molecule has 1 rings (SSSR count). The van der Waals surface area contributed by atoms with Gasteiger partial charge in [-0.25, -0.2) is 8.78 Å². The molecule has 0 aliphatic heterocycles. The quantitative estimate of drug-likeness (QED) is 0.755. The van der Waals surface area contributed by atoms with Crippen molar-refractivity contribution in [2.45, 2.75) is 38.2 Å². The maximum atomic E-state index is 12.9. The molecule has 1 heterocycles. The van der Waals surface area contributed by atoms with Gasteiger partial charge in [0.2, 0.25) is 0 Å². The molecular formula is C11H19F2N3O2Si. The lowest BCUT2D eigenvalue weighted by Gasteiger charge is -2.19. The van der Waals surface area contributed by atoms with E-state index in [0.717, 1.165) is 6.04 Å². The van der Waals surface area contributed by atoms with Crippen LogP contribution in [0.2, 0.25) is 25.7 Å². The van der Waals surface area contributed by atoms with Crippen LogP contribution < -0.4 is 5.73 Å². The zero-order chi connectivity index (χ0) is 14.6. The van der Waals surface area contributed by atoms with E-state index < -0.39 is 26.5 Å². The Kier molecular flexibility index (Phi) is 5.18. The van der Waals surface area contributed by atoms with Crippen molar-refractivity contribution in [1.29, 1.82) is 0 Å². The van der Waals surface area contributed by atoms with E-state index >= 15 is 0 Å². The standard InChI is InChI=1S/C11H19F2N3O2Si/c1-19(2,3)5-4-18-9(10(12)13)7-6-8(11(14)17)16-15-7/h6,9-10H,4-5H2,1-3H3,(H2,14,17)(H,15,16). The minimum atomic E-state index is -2.69. The zero-order valence-electron chi connectivity index (χ0n) is 11.2. The van der Waals surface area contributed by atoms with Crippen LogP contribution in [0.25, 0.3) is 0 Å². The number of halogens is 2. The zero-order valence-corrected chi connectivity index (χ0v) is 12.2. The van der Waals surface area contributed by atoms with Gasteiger partial charge in [-0.05, 0) is 12.1 Å². The second kappa shape index (κ2) is 6.24. The highest BCUT2D eigenvalue weighted by Gasteiger charge is 2.27. The van der Waals surface area contributed by atoms with E-state index in [-0.39, 0.29) is 18.0 Å². The van der Waals surface area contributed by atoms with Crippen molar-refractivity contribution in [3.8, 4) is 0 Å². The SMILES string of the molecule is C[Si](C)(C)CCOC(c1cc(C(N)=O)n[nH]1)C(F)F. The van der Waals surface area contributed by atoms with Crippen LogP contribution in [0.5, 0.6) is 0 Å². The fourth-order valence-electron chi connectivity index (χ4n) is 1.40. The number of carbonyl (C=O) groups excluding carboxylic acids is 1. The van der Waals surface area contributed by atoms with Gasteiger partial charge in [-0.3, -0.25) is 9.89 Å². The minimum absolute atomic E-state index is 0.0689. The molecule has 0 radical (unpaired) electrons. The molecule has 1 aromatic rings. The van der Waals surface area contributed by atoms with Crippen LogP contribution >= 0.6 is 0 Å². The maximum Gasteiger partial charge on any atom is 0.269 e. The lowest BCUT2D eigenvalue weighted by atomic mass is 10.2. The summed E-state index contributed by atoms with van der Waals surface area (Å²) in [6, 6.07) is 1.99. The molecular weight excluding hydrogens is 272 g/mol. The summed E-state index contributed by atoms with van der Waals surface area (Å²) >= 11 is 0. The Balaban J connectivity index is 2.69. The molecule has 108 valence electrons. The maximum absolute atomic E-state index is 12.9. The van der Waals surface area contributed by atoms with Gasteiger partial charge in [0.15, 0.2) is 6.10 Å². The average molecular weight is 291 g/mol. The second-order valence-corrected chi connectivity index (χ2v) is 11.1. The molecule has 5 nitrogen and oxygen atoms in total. The summed E-state index contributed by atoms with van der Waals surface area (Å²) < 4.78 is 31.1. The first-order valence-electron chi connectivity index (χ1n) is 5.95. The van der Waals surface area contributed by atoms with Gasteiger partial charge in [0, 0.05) is 14.7 Å². The van der Waals surface area contributed by atoms with Crippen LogP contribution in [0.3, 0.4) is 0 Å². The number of aromatic amines is 1. The van der Waals surface area contributed by atoms with Crippen molar-refractivity contribution in [2.24, 2.45) is 5.73 Å². The Labute approximate surface area is 111 Å². The van der Waals surface area contributed by atoms with E-state index in [0.29, 0.717) is 0 Å². The van der Waals surface area contributed by atoms with Gasteiger partial charge in [-0.1, -0.05) is 19.6 Å². The summed E-state index contributed by atoms with van der Waals surface area (Å²) in [4.78, 5) is 10.9. The van der Waals surface area contributed by atoms with Crippen LogP contribution in [-0.2, 0) is 4.74 Å². The molecule has 1 aromatic heterocycles. The van der Waals surface area contributed by atoms with Crippen molar-refractivity contribution < 1.29 is 18.3 Å². The van der Waals surface area contributed by atoms with Gasteiger partial charge in [-0.15, -0.1) is 0 Å². The summed E-state index contributed by atoms with van der Waals surface area (Å²) in [5.41, 5.74) is 5.01. The fraction of sp³-hybridized carbons (Fsp3) is 0.636. The second-order valence-electron chi connectivity index (χ2n) is 5.51. The van der Waals surface area contributed by atoms with Crippen LogP contribution in [0.4, 0.5) is 8.78 Å². The molecule has 0 aromatic carbocycles. The highest BCUT2D eigenvalue weighted by atomic mass is 28.3. The number of primary amides is 1. The number of carbonyl (C=O) groups is 1. The van der Waals surface area contributed by atoms with Crippen LogP contribution in [0.15, 0.2) is 6.07 Å². The first-order chi connectivity index (χ1) is 8.70. The summed E-state index contributed by atoms with van der Waals surface area (Å²) in [6.07, 6.45) is -4.10. The van der Waals surface area contributed by atoms with Crippen molar-refractivity contribution in [2.75, 3.05) is 6.61 Å². The van der Waals surface area contributed by atoms with E-state index in [4.69, 9.17) is 10.5 Å². The molecule has 3 N–H and O–H groups in total. The van der Waals surface area contributed by atoms with Crippen molar-refractivity contribution >= 4 is 14.0 Å². The molecule has 1 atom stereocenters. The highest BCUT2D eigenvalue weighted by Crippen LogP contribution is 2.24. The molecule has 1 amide bonds. The van der Waals surface area contributed by atoms with Crippen LogP contribution in [-0.4, -0.2) is 37.2 Å². The van der Waals surface area contributed by atoms with Gasteiger partial charge in [0.25, 0.3) is 12.3 Å².